The van der Waals surface area contributed by atoms with Crippen molar-refractivity contribution >= 4 is 32.9 Å². The maximum absolute atomic E-state index is 14.1. The number of H-pyrrole nitrogens is 1. The van der Waals surface area contributed by atoms with Gasteiger partial charge in [0.1, 0.15) is 17.2 Å². The number of hydrogen-bond acceptors (Lipinski definition) is 7. The van der Waals surface area contributed by atoms with Gasteiger partial charge in [-0.3, -0.25) is 0 Å². The summed E-state index contributed by atoms with van der Waals surface area (Å²) in [6, 6.07) is 6.93. The van der Waals surface area contributed by atoms with Crippen molar-refractivity contribution in [2.45, 2.75) is 25.4 Å². The Labute approximate surface area is 207 Å². The second kappa shape index (κ2) is 9.52. The molecule has 1 saturated heterocycles. The molecule has 12 heteroatoms. The van der Waals surface area contributed by atoms with Crippen molar-refractivity contribution < 1.29 is 31.8 Å². The second-order valence-electron chi connectivity index (χ2n) is 8.46. The average Bonchev–Trinajstić information content (AvgIpc) is 3.27. The molecule has 1 aromatic carbocycles. The van der Waals surface area contributed by atoms with Crippen LogP contribution in [0.15, 0.2) is 42.6 Å². The number of fused-ring (bicyclic) bond motifs is 3. The molecule has 2 aromatic heterocycles. The number of amides is 1. The molecule has 2 N–H and O–H groups in total. The molecule has 0 spiro atoms. The van der Waals surface area contributed by atoms with Crippen molar-refractivity contribution in [3.8, 4) is 16.9 Å². The van der Waals surface area contributed by atoms with E-state index in [1.807, 2.05) is 16.9 Å². The Balaban J connectivity index is 1.51. The topological polar surface area (TPSA) is 123 Å². The van der Waals surface area contributed by atoms with Crippen molar-refractivity contribution in [3.63, 3.8) is 0 Å². The molecule has 1 fully saturated rings. The number of aromatic nitrogens is 2. The summed E-state index contributed by atoms with van der Waals surface area (Å²) >= 11 is 0. The largest absolute Gasteiger partial charge is 0.496 e. The fourth-order valence-electron chi connectivity index (χ4n) is 4.79. The summed E-state index contributed by atoms with van der Waals surface area (Å²) in [5, 5.41) is 0.776. The number of nitrogens with one attached hydrogen (secondary N) is 2. The van der Waals surface area contributed by atoms with Gasteiger partial charge in [0.05, 0.1) is 39.0 Å². The average molecular weight is 517 g/mol. The number of hydrogen-bond donors (Lipinski definition) is 2. The molecule has 190 valence electrons. The summed E-state index contributed by atoms with van der Waals surface area (Å²) in [4.78, 5) is 19.5. The molecule has 2 aliphatic rings. The Morgan fingerprint density at radius 3 is 2.86 bits per heavy atom. The summed E-state index contributed by atoms with van der Waals surface area (Å²) in [7, 11) is -2.61. The number of aromatic amines is 1. The van der Waals surface area contributed by atoms with Crippen LogP contribution in [0, 0.1) is 5.82 Å². The molecule has 3 aromatic rings. The van der Waals surface area contributed by atoms with Gasteiger partial charge in [-0.2, -0.15) is 12.7 Å². The number of rotatable bonds is 6. The summed E-state index contributed by atoms with van der Waals surface area (Å²) in [6.07, 6.45) is 2.78. The van der Waals surface area contributed by atoms with E-state index in [0.29, 0.717) is 23.4 Å². The Kier molecular flexibility index (Phi) is 6.41. The van der Waals surface area contributed by atoms with Gasteiger partial charge in [0.2, 0.25) is 0 Å². The molecule has 2 bridgehead atoms. The highest BCUT2D eigenvalue weighted by Crippen LogP contribution is 2.38. The van der Waals surface area contributed by atoms with E-state index in [4.69, 9.17) is 14.2 Å². The lowest BCUT2D eigenvalue weighted by atomic mass is 9.94. The van der Waals surface area contributed by atoms with Gasteiger partial charge in [-0.15, -0.1) is 0 Å². The quantitative estimate of drug-likeness (QED) is 0.516. The van der Waals surface area contributed by atoms with Gasteiger partial charge in [-0.1, -0.05) is 6.08 Å². The summed E-state index contributed by atoms with van der Waals surface area (Å²) in [5.74, 6) is 0.150. The van der Waals surface area contributed by atoms with E-state index < -0.39 is 28.4 Å². The van der Waals surface area contributed by atoms with Gasteiger partial charge in [0, 0.05) is 22.8 Å². The highest BCUT2D eigenvalue weighted by molar-refractivity contribution is 7.87. The third-order valence-corrected chi connectivity index (χ3v) is 7.78. The van der Waals surface area contributed by atoms with Crippen LogP contribution in [0.3, 0.4) is 0 Å². The lowest BCUT2D eigenvalue weighted by Gasteiger charge is -2.42. The SMILES string of the molecule is CCOC(=O)NS(=O)(=O)N1C2C=C(c3cc4c(-c5cc(F)ccc5OC)ccnc4[nH]3)CC1COC2. The van der Waals surface area contributed by atoms with Gasteiger partial charge in [-0.05, 0) is 54.8 Å². The van der Waals surface area contributed by atoms with Crippen LogP contribution in [0.4, 0.5) is 9.18 Å². The first-order valence-corrected chi connectivity index (χ1v) is 12.8. The highest BCUT2D eigenvalue weighted by Gasteiger charge is 2.43. The first-order chi connectivity index (χ1) is 17.3. The van der Waals surface area contributed by atoms with Gasteiger partial charge < -0.3 is 19.2 Å². The molecular weight excluding hydrogens is 491 g/mol. The Morgan fingerprint density at radius 1 is 1.28 bits per heavy atom. The first-order valence-electron chi connectivity index (χ1n) is 11.4. The van der Waals surface area contributed by atoms with Crippen molar-refractivity contribution in [1.29, 1.82) is 0 Å². The maximum Gasteiger partial charge on any atom is 0.421 e. The van der Waals surface area contributed by atoms with Crippen molar-refractivity contribution in [2.75, 3.05) is 26.9 Å². The Bertz CT molecular complexity index is 1450. The zero-order chi connectivity index (χ0) is 25.4. The third-order valence-electron chi connectivity index (χ3n) is 6.23. The van der Waals surface area contributed by atoms with Crippen LogP contribution in [0.25, 0.3) is 27.7 Å². The minimum absolute atomic E-state index is 0.0548. The van der Waals surface area contributed by atoms with Crippen molar-refractivity contribution in [1.82, 2.24) is 19.0 Å². The predicted molar refractivity (Wildman–Crippen MR) is 130 cm³/mol. The minimum Gasteiger partial charge on any atom is -0.496 e. The van der Waals surface area contributed by atoms with E-state index in [0.717, 1.165) is 22.2 Å². The van der Waals surface area contributed by atoms with Gasteiger partial charge in [0.25, 0.3) is 0 Å². The normalized spacial score (nSPS) is 20.1. The Morgan fingerprint density at radius 2 is 2.11 bits per heavy atom. The van der Waals surface area contributed by atoms with Gasteiger partial charge in [-0.25, -0.2) is 18.9 Å². The van der Waals surface area contributed by atoms with Crippen LogP contribution in [0.2, 0.25) is 0 Å². The van der Waals surface area contributed by atoms with Crippen molar-refractivity contribution in [2.24, 2.45) is 0 Å². The van der Waals surface area contributed by atoms with E-state index in [-0.39, 0.29) is 25.6 Å². The molecule has 5 rings (SSSR count). The van der Waals surface area contributed by atoms with E-state index >= 15 is 0 Å². The molecule has 36 heavy (non-hydrogen) atoms. The highest BCUT2D eigenvalue weighted by atomic mass is 32.2. The summed E-state index contributed by atoms with van der Waals surface area (Å²) in [6.45, 7) is 1.98. The molecule has 2 aliphatic heterocycles. The van der Waals surface area contributed by atoms with Crippen LogP contribution in [0.1, 0.15) is 19.0 Å². The van der Waals surface area contributed by atoms with Gasteiger partial charge >= 0.3 is 16.3 Å². The number of benzene rings is 1. The van der Waals surface area contributed by atoms with E-state index in [1.54, 1.807) is 25.3 Å². The van der Waals surface area contributed by atoms with Crippen LogP contribution in [0.5, 0.6) is 5.75 Å². The number of halogens is 1. The van der Waals surface area contributed by atoms with E-state index in [2.05, 4.69) is 9.97 Å². The number of ether oxygens (including phenoxy) is 3. The Hall–Kier alpha value is -3.48. The summed E-state index contributed by atoms with van der Waals surface area (Å²) in [5.41, 5.74) is 3.62. The lowest BCUT2D eigenvalue weighted by molar-refractivity contribution is 0.00611. The molecule has 1 amide bonds. The van der Waals surface area contributed by atoms with Gasteiger partial charge in [0.15, 0.2) is 0 Å². The van der Waals surface area contributed by atoms with Crippen LogP contribution in [-0.2, 0) is 19.7 Å². The van der Waals surface area contributed by atoms with Crippen LogP contribution >= 0.6 is 0 Å². The number of nitrogens with zero attached hydrogens (tertiary/aromatic N) is 2. The van der Waals surface area contributed by atoms with E-state index in [9.17, 15) is 17.6 Å². The monoisotopic (exact) mass is 516 g/mol. The zero-order valence-corrected chi connectivity index (χ0v) is 20.5. The molecule has 10 nitrogen and oxygen atoms in total. The molecular formula is C24H25FN4O6S. The second-order valence-corrected chi connectivity index (χ2v) is 10.0. The zero-order valence-electron chi connectivity index (χ0n) is 19.7. The van der Waals surface area contributed by atoms with Crippen LogP contribution in [-0.4, -0.2) is 67.8 Å². The molecule has 4 heterocycles. The fourth-order valence-corrected chi connectivity index (χ4v) is 6.17. The smallest absolute Gasteiger partial charge is 0.421 e. The number of methoxy groups -OCH3 is 1. The minimum atomic E-state index is -4.14. The first kappa shape index (κ1) is 24.2. The third kappa shape index (κ3) is 4.43. The predicted octanol–water partition coefficient (Wildman–Crippen LogP) is 3.23. The molecule has 2 atom stereocenters. The summed E-state index contributed by atoms with van der Waals surface area (Å²) < 4.78 is 58.9. The maximum atomic E-state index is 14.1. The number of carbonyl (C=O) groups is 1. The lowest BCUT2D eigenvalue weighted by Crippen LogP contribution is -2.59. The van der Waals surface area contributed by atoms with Crippen LogP contribution < -0.4 is 9.46 Å². The van der Waals surface area contributed by atoms with Crippen molar-refractivity contribution in [3.05, 3.63) is 54.1 Å². The molecule has 0 radical (unpaired) electrons. The molecule has 2 unspecified atom stereocenters. The number of carbonyl (C=O) groups excluding carboxylic acids is 1. The molecule has 0 aliphatic carbocycles. The number of morpholine rings is 1. The molecule has 0 saturated carbocycles. The van der Waals surface area contributed by atoms with E-state index in [1.165, 1.54) is 23.5 Å². The standard InChI is InChI=1S/C24H25FN4O6S/c1-3-35-24(30)28-36(31,32)29-16-8-14(9-17(29)13-34-12-16)21-11-20-18(6-7-26-23(20)27-21)19-10-15(25)4-5-22(19)33-2/h4-8,10-11,16-17H,3,9,12-13H2,1-2H3,(H,26,27)(H,28,30). The fraction of sp³-hybridized carbons (Fsp3) is 0.333. The number of pyridine rings is 1.